The molecule has 0 saturated carbocycles. The topological polar surface area (TPSA) is 77.2 Å². The number of rotatable bonds is 5. The third kappa shape index (κ3) is 3.06. The number of nitrogens with one attached hydrogen (secondary N) is 1. The maximum absolute atomic E-state index is 14.7. The minimum absolute atomic E-state index is 0.163. The summed E-state index contributed by atoms with van der Waals surface area (Å²) in [4.78, 5) is 16.5. The average molecular weight is 353 g/mol. The van der Waals surface area contributed by atoms with Gasteiger partial charge in [0.25, 0.3) is 5.91 Å². The summed E-state index contributed by atoms with van der Waals surface area (Å²) in [5.74, 6) is -0.606. The van der Waals surface area contributed by atoms with Crippen LogP contribution in [0.3, 0.4) is 0 Å². The van der Waals surface area contributed by atoms with Gasteiger partial charge in [0.1, 0.15) is 0 Å². The molecule has 1 heterocycles. The number of halogens is 1. The zero-order valence-electron chi connectivity index (χ0n) is 14.7. The van der Waals surface area contributed by atoms with Crippen LogP contribution in [0.5, 0.6) is 5.75 Å². The van der Waals surface area contributed by atoms with Crippen LogP contribution >= 0.6 is 0 Å². The SMILES string of the molecule is CCCNC(=O)c1ncc2c(-c3cccc(OC)c3F)cccc2c1N. The van der Waals surface area contributed by atoms with Gasteiger partial charge in [-0.2, -0.15) is 0 Å². The van der Waals surface area contributed by atoms with Crippen LogP contribution in [0.1, 0.15) is 23.8 Å². The van der Waals surface area contributed by atoms with Crippen LogP contribution in [0.15, 0.2) is 42.6 Å². The molecule has 134 valence electrons. The van der Waals surface area contributed by atoms with E-state index in [1.165, 1.54) is 7.11 Å². The number of anilines is 1. The number of fused-ring (bicyclic) bond motifs is 1. The van der Waals surface area contributed by atoms with Crippen molar-refractivity contribution in [2.24, 2.45) is 0 Å². The minimum atomic E-state index is -0.453. The Hall–Kier alpha value is -3.15. The molecule has 5 nitrogen and oxygen atoms in total. The molecule has 26 heavy (non-hydrogen) atoms. The van der Waals surface area contributed by atoms with E-state index in [4.69, 9.17) is 10.5 Å². The van der Waals surface area contributed by atoms with Gasteiger partial charge in [-0.15, -0.1) is 0 Å². The van der Waals surface area contributed by atoms with Gasteiger partial charge >= 0.3 is 0 Å². The molecule has 0 saturated heterocycles. The number of hydrogen-bond acceptors (Lipinski definition) is 4. The fraction of sp³-hybridized carbons (Fsp3) is 0.200. The number of amides is 1. The van der Waals surface area contributed by atoms with Gasteiger partial charge in [0, 0.05) is 29.1 Å². The maximum Gasteiger partial charge on any atom is 0.272 e. The third-order valence-corrected chi connectivity index (χ3v) is 4.20. The quantitative estimate of drug-likeness (QED) is 0.732. The molecule has 0 aliphatic rings. The highest BCUT2D eigenvalue weighted by Gasteiger charge is 2.17. The number of aromatic nitrogens is 1. The lowest BCUT2D eigenvalue weighted by Gasteiger charge is -2.13. The second-order valence-corrected chi connectivity index (χ2v) is 5.87. The smallest absolute Gasteiger partial charge is 0.272 e. The van der Waals surface area contributed by atoms with E-state index in [0.29, 0.717) is 28.4 Å². The molecule has 3 rings (SSSR count). The summed E-state index contributed by atoms with van der Waals surface area (Å²) >= 11 is 0. The van der Waals surface area contributed by atoms with Gasteiger partial charge in [-0.05, 0) is 18.1 Å². The van der Waals surface area contributed by atoms with E-state index in [0.717, 1.165) is 6.42 Å². The van der Waals surface area contributed by atoms with E-state index in [2.05, 4.69) is 10.3 Å². The molecule has 0 spiro atoms. The highest BCUT2D eigenvalue weighted by atomic mass is 19.1. The molecule has 3 aromatic rings. The number of nitrogens with zero attached hydrogens (tertiary/aromatic N) is 1. The number of nitrogens with two attached hydrogens (primary N) is 1. The highest BCUT2D eigenvalue weighted by molar-refractivity contribution is 6.09. The summed E-state index contributed by atoms with van der Waals surface area (Å²) in [6.45, 7) is 2.51. The van der Waals surface area contributed by atoms with Gasteiger partial charge in [0.15, 0.2) is 17.3 Å². The predicted molar refractivity (Wildman–Crippen MR) is 101 cm³/mol. The van der Waals surface area contributed by atoms with E-state index in [-0.39, 0.29) is 23.0 Å². The molecule has 0 radical (unpaired) electrons. The number of hydrogen-bond donors (Lipinski definition) is 2. The molecule has 6 heteroatoms. The van der Waals surface area contributed by atoms with Crippen LogP contribution < -0.4 is 15.8 Å². The van der Waals surface area contributed by atoms with E-state index in [1.54, 1.807) is 42.6 Å². The molecule has 3 N–H and O–H groups in total. The molecular weight excluding hydrogens is 333 g/mol. The van der Waals surface area contributed by atoms with Crippen molar-refractivity contribution >= 4 is 22.4 Å². The molecule has 0 aliphatic carbocycles. The molecule has 0 fully saturated rings. The summed E-state index contributed by atoms with van der Waals surface area (Å²) in [5, 5.41) is 4.09. The normalized spacial score (nSPS) is 10.7. The first-order valence-electron chi connectivity index (χ1n) is 8.36. The standard InChI is InChI=1S/C20H20FN3O2/c1-3-10-23-20(25)19-18(22)14-8-4-6-12(15(14)11-24-19)13-7-5-9-16(26-2)17(13)21/h4-9,11H,3,10,22H2,1-2H3,(H,23,25). The summed E-state index contributed by atoms with van der Waals surface area (Å²) in [5.41, 5.74) is 7.67. The number of methoxy groups -OCH3 is 1. The summed E-state index contributed by atoms with van der Waals surface area (Å²) in [6.07, 6.45) is 2.37. The van der Waals surface area contributed by atoms with Crippen molar-refractivity contribution < 1.29 is 13.9 Å². The Labute approximate surface area is 151 Å². The average Bonchev–Trinajstić information content (AvgIpc) is 2.66. The molecule has 2 aromatic carbocycles. The Morgan fingerprint density at radius 2 is 1.92 bits per heavy atom. The number of carbonyl (C=O) groups is 1. The van der Waals surface area contributed by atoms with Gasteiger partial charge in [-0.1, -0.05) is 37.3 Å². The first-order chi connectivity index (χ1) is 12.6. The number of ether oxygens (including phenoxy) is 1. The van der Waals surface area contributed by atoms with Crippen molar-refractivity contribution in [1.82, 2.24) is 10.3 Å². The van der Waals surface area contributed by atoms with Crippen LogP contribution in [0.25, 0.3) is 21.9 Å². The van der Waals surface area contributed by atoms with Crippen molar-refractivity contribution in [3.63, 3.8) is 0 Å². The molecular formula is C20H20FN3O2. The van der Waals surface area contributed by atoms with Crippen molar-refractivity contribution in [3.8, 4) is 16.9 Å². The van der Waals surface area contributed by atoms with E-state index in [9.17, 15) is 9.18 Å². The first kappa shape index (κ1) is 17.7. The van der Waals surface area contributed by atoms with Crippen molar-refractivity contribution in [2.75, 3.05) is 19.4 Å². The van der Waals surface area contributed by atoms with Gasteiger partial charge in [0.2, 0.25) is 0 Å². The molecule has 0 aliphatic heterocycles. The zero-order valence-corrected chi connectivity index (χ0v) is 14.7. The second kappa shape index (κ2) is 7.39. The Balaban J connectivity index is 2.16. The minimum Gasteiger partial charge on any atom is -0.494 e. The molecule has 0 unspecified atom stereocenters. The summed E-state index contributed by atoms with van der Waals surface area (Å²) in [6, 6.07) is 10.3. The Bertz CT molecular complexity index is 973. The molecule has 0 bridgehead atoms. The zero-order chi connectivity index (χ0) is 18.7. The largest absolute Gasteiger partial charge is 0.494 e. The lowest BCUT2D eigenvalue weighted by atomic mass is 9.97. The van der Waals surface area contributed by atoms with Crippen LogP contribution in [-0.2, 0) is 0 Å². The van der Waals surface area contributed by atoms with E-state index < -0.39 is 5.82 Å². The maximum atomic E-state index is 14.7. The van der Waals surface area contributed by atoms with Crippen LogP contribution in [0, 0.1) is 5.82 Å². The van der Waals surface area contributed by atoms with Gasteiger partial charge in [-0.25, -0.2) is 9.37 Å². The van der Waals surface area contributed by atoms with Crippen LogP contribution in [0.4, 0.5) is 10.1 Å². The lowest BCUT2D eigenvalue weighted by Crippen LogP contribution is -2.26. The summed E-state index contributed by atoms with van der Waals surface area (Å²) < 4.78 is 19.8. The molecule has 1 amide bonds. The van der Waals surface area contributed by atoms with Crippen LogP contribution in [-0.4, -0.2) is 24.5 Å². The fourth-order valence-electron chi connectivity index (χ4n) is 2.88. The molecule has 0 atom stereocenters. The Morgan fingerprint density at radius 1 is 1.19 bits per heavy atom. The number of nitrogen functional groups attached to an aromatic ring is 1. The Kier molecular flexibility index (Phi) is 5.02. The van der Waals surface area contributed by atoms with Gasteiger partial charge in [-0.3, -0.25) is 4.79 Å². The van der Waals surface area contributed by atoms with Crippen molar-refractivity contribution in [2.45, 2.75) is 13.3 Å². The van der Waals surface area contributed by atoms with Gasteiger partial charge < -0.3 is 15.8 Å². The first-order valence-corrected chi connectivity index (χ1v) is 8.36. The summed E-state index contributed by atoms with van der Waals surface area (Å²) in [7, 11) is 1.42. The number of benzene rings is 2. The van der Waals surface area contributed by atoms with Crippen molar-refractivity contribution in [1.29, 1.82) is 0 Å². The van der Waals surface area contributed by atoms with E-state index in [1.807, 2.05) is 6.92 Å². The highest BCUT2D eigenvalue weighted by Crippen LogP contribution is 2.35. The monoisotopic (exact) mass is 353 g/mol. The van der Waals surface area contributed by atoms with Crippen molar-refractivity contribution in [3.05, 3.63) is 54.1 Å². The number of pyridine rings is 1. The van der Waals surface area contributed by atoms with Crippen LogP contribution in [0.2, 0.25) is 0 Å². The third-order valence-electron chi connectivity index (χ3n) is 4.20. The number of carbonyl (C=O) groups excluding carboxylic acids is 1. The lowest BCUT2D eigenvalue weighted by molar-refractivity contribution is 0.0950. The van der Waals surface area contributed by atoms with E-state index >= 15 is 0 Å². The second-order valence-electron chi connectivity index (χ2n) is 5.87. The fourth-order valence-corrected chi connectivity index (χ4v) is 2.88. The Morgan fingerprint density at radius 3 is 2.65 bits per heavy atom. The predicted octanol–water partition coefficient (Wildman–Crippen LogP) is 3.77. The van der Waals surface area contributed by atoms with Gasteiger partial charge in [0.05, 0.1) is 12.8 Å². The molecule has 1 aromatic heterocycles.